The maximum atomic E-state index is 12.6. The molecule has 5 nitrogen and oxygen atoms in total. The first kappa shape index (κ1) is 17.5. The Morgan fingerprint density at radius 3 is 2.41 bits per heavy atom. The molecule has 0 unspecified atom stereocenters. The number of rotatable bonds is 4. The van der Waals surface area contributed by atoms with Gasteiger partial charge in [-0.2, -0.15) is 0 Å². The molecule has 2 aliphatic carbocycles. The average Bonchev–Trinajstić information content (AvgIpc) is 3.32. The van der Waals surface area contributed by atoms with E-state index in [-0.39, 0.29) is 36.2 Å². The Bertz CT molecular complexity index is 420. The summed E-state index contributed by atoms with van der Waals surface area (Å²) in [5.74, 6) is 0.258. The molecule has 0 aromatic rings. The number of carbonyl (C=O) groups excluding carboxylic acids is 2. The van der Waals surface area contributed by atoms with E-state index in [4.69, 9.17) is 5.73 Å². The standard InChI is InChI=1S/C16H27N3O2.ClH/c17-12-16(6-2-1-3-7-16)10-14(20)18-8-9-19(13-4-5-13)15(21)11-18;/h13H,1-12,17H2;1H. The van der Waals surface area contributed by atoms with Gasteiger partial charge in [0.15, 0.2) is 0 Å². The molecule has 3 rings (SSSR count). The van der Waals surface area contributed by atoms with Crippen LogP contribution in [0.5, 0.6) is 0 Å². The minimum Gasteiger partial charge on any atom is -0.336 e. The number of amides is 2. The molecule has 1 saturated heterocycles. The van der Waals surface area contributed by atoms with Crippen LogP contribution in [0.2, 0.25) is 0 Å². The van der Waals surface area contributed by atoms with Crippen LogP contribution in [0.1, 0.15) is 51.4 Å². The minimum absolute atomic E-state index is 0. The van der Waals surface area contributed by atoms with Crippen LogP contribution in [0.3, 0.4) is 0 Å². The fourth-order valence-corrected chi connectivity index (χ4v) is 3.86. The lowest BCUT2D eigenvalue weighted by Crippen LogP contribution is -2.54. The van der Waals surface area contributed by atoms with E-state index < -0.39 is 0 Å². The second-order valence-corrected chi connectivity index (χ2v) is 7.08. The van der Waals surface area contributed by atoms with E-state index in [2.05, 4.69) is 0 Å². The third-order valence-corrected chi connectivity index (χ3v) is 5.47. The fourth-order valence-electron chi connectivity index (χ4n) is 3.86. The van der Waals surface area contributed by atoms with Gasteiger partial charge in [-0.1, -0.05) is 19.3 Å². The van der Waals surface area contributed by atoms with Crippen LogP contribution in [0.25, 0.3) is 0 Å². The summed E-state index contributed by atoms with van der Waals surface area (Å²) in [4.78, 5) is 28.4. The van der Waals surface area contributed by atoms with Crippen molar-refractivity contribution in [2.45, 2.75) is 57.4 Å². The van der Waals surface area contributed by atoms with E-state index in [1.54, 1.807) is 4.90 Å². The summed E-state index contributed by atoms with van der Waals surface area (Å²) in [5.41, 5.74) is 5.96. The number of nitrogens with two attached hydrogens (primary N) is 1. The average molecular weight is 330 g/mol. The van der Waals surface area contributed by atoms with Gasteiger partial charge in [0.2, 0.25) is 11.8 Å². The van der Waals surface area contributed by atoms with Crippen molar-refractivity contribution in [3.63, 3.8) is 0 Å². The summed E-state index contributed by atoms with van der Waals surface area (Å²) in [6.07, 6.45) is 8.54. The molecule has 3 fully saturated rings. The second kappa shape index (κ2) is 7.18. The van der Waals surface area contributed by atoms with E-state index in [0.717, 1.165) is 25.7 Å². The fraction of sp³-hybridized carbons (Fsp3) is 0.875. The molecule has 0 aromatic carbocycles. The summed E-state index contributed by atoms with van der Waals surface area (Å²) in [7, 11) is 0. The normalized spacial score (nSPS) is 24.9. The van der Waals surface area contributed by atoms with Gasteiger partial charge in [0.1, 0.15) is 0 Å². The quantitative estimate of drug-likeness (QED) is 0.850. The zero-order valence-corrected chi connectivity index (χ0v) is 14.1. The highest BCUT2D eigenvalue weighted by molar-refractivity contribution is 5.86. The number of halogens is 1. The van der Waals surface area contributed by atoms with Crippen LogP contribution in [-0.4, -0.2) is 53.8 Å². The van der Waals surface area contributed by atoms with Crippen LogP contribution >= 0.6 is 12.4 Å². The summed E-state index contributed by atoms with van der Waals surface area (Å²) < 4.78 is 0. The molecule has 0 spiro atoms. The van der Waals surface area contributed by atoms with Crippen molar-refractivity contribution >= 4 is 24.2 Å². The van der Waals surface area contributed by atoms with Gasteiger partial charge in [0, 0.05) is 25.6 Å². The first-order valence-electron chi connectivity index (χ1n) is 8.41. The predicted octanol–water partition coefficient (Wildman–Crippen LogP) is 1.54. The van der Waals surface area contributed by atoms with Crippen molar-refractivity contribution < 1.29 is 9.59 Å². The molecule has 0 aromatic heterocycles. The smallest absolute Gasteiger partial charge is 0.242 e. The Morgan fingerprint density at radius 2 is 1.86 bits per heavy atom. The molecule has 22 heavy (non-hydrogen) atoms. The van der Waals surface area contributed by atoms with Crippen LogP contribution in [0, 0.1) is 5.41 Å². The third-order valence-electron chi connectivity index (χ3n) is 5.47. The summed E-state index contributed by atoms with van der Waals surface area (Å²) in [5, 5.41) is 0. The zero-order chi connectivity index (χ0) is 14.9. The molecule has 126 valence electrons. The Kier molecular flexibility index (Phi) is 5.72. The summed E-state index contributed by atoms with van der Waals surface area (Å²) in [6, 6.07) is 0.462. The van der Waals surface area contributed by atoms with Crippen molar-refractivity contribution in [1.82, 2.24) is 9.80 Å². The largest absolute Gasteiger partial charge is 0.336 e. The molecule has 0 bridgehead atoms. The number of carbonyl (C=O) groups is 2. The van der Waals surface area contributed by atoms with E-state index in [9.17, 15) is 9.59 Å². The topological polar surface area (TPSA) is 66.6 Å². The van der Waals surface area contributed by atoms with Crippen molar-refractivity contribution in [2.75, 3.05) is 26.2 Å². The van der Waals surface area contributed by atoms with Crippen molar-refractivity contribution in [3.8, 4) is 0 Å². The van der Waals surface area contributed by atoms with Gasteiger partial charge in [-0.05, 0) is 37.6 Å². The monoisotopic (exact) mass is 329 g/mol. The van der Waals surface area contributed by atoms with Gasteiger partial charge >= 0.3 is 0 Å². The molecule has 0 atom stereocenters. The summed E-state index contributed by atoms with van der Waals surface area (Å²) in [6.45, 7) is 2.28. The highest BCUT2D eigenvalue weighted by Gasteiger charge is 2.39. The second-order valence-electron chi connectivity index (χ2n) is 7.08. The number of nitrogens with zero attached hydrogens (tertiary/aromatic N) is 2. The van der Waals surface area contributed by atoms with Crippen molar-refractivity contribution in [3.05, 3.63) is 0 Å². The lowest BCUT2D eigenvalue weighted by Gasteiger charge is -2.39. The van der Waals surface area contributed by atoms with Gasteiger partial charge in [0.05, 0.1) is 6.54 Å². The highest BCUT2D eigenvalue weighted by Crippen LogP contribution is 2.39. The molecular weight excluding hydrogens is 302 g/mol. The molecule has 6 heteroatoms. The first-order chi connectivity index (χ1) is 10.1. The lowest BCUT2D eigenvalue weighted by molar-refractivity contribution is -0.147. The SMILES string of the molecule is Cl.NCC1(CC(=O)N2CCN(C3CC3)C(=O)C2)CCCCC1. The van der Waals surface area contributed by atoms with Gasteiger partial charge in [-0.25, -0.2) is 0 Å². The molecule has 2 amide bonds. The van der Waals surface area contributed by atoms with Crippen molar-refractivity contribution in [2.24, 2.45) is 11.1 Å². The van der Waals surface area contributed by atoms with E-state index >= 15 is 0 Å². The maximum absolute atomic E-state index is 12.6. The van der Waals surface area contributed by atoms with E-state index in [1.807, 2.05) is 4.90 Å². The Hall–Kier alpha value is -0.810. The molecule has 1 aliphatic heterocycles. The Balaban J connectivity index is 0.00000176. The maximum Gasteiger partial charge on any atom is 0.242 e. The van der Waals surface area contributed by atoms with Crippen LogP contribution in [-0.2, 0) is 9.59 Å². The van der Waals surface area contributed by atoms with Gasteiger partial charge < -0.3 is 15.5 Å². The van der Waals surface area contributed by atoms with E-state index in [0.29, 0.717) is 32.1 Å². The lowest BCUT2D eigenvalue weighted by atomic mass is 9.71. The minimum atomic E-state index is -0.00793. The zero-order valence-electron chi connectivity index (χ0n) is 13.3. The third kappa shape index (κ3) is 3.74. The molecule has 2 N–H and O–H groups in total. The van der Waals surface area contributed by atoms with Crippen LogP contribution in [0.15, 0.2) is 0 Å². The Labute approximate surface area is 139 Å². The van der Waals surface area contributed by atoms with Gasteiger partial charge in [-0.3, -0.25) is 9.59 Å². The van der Waals surface area contributed by atoms with Crippen LogP contribution < -0.4 is 5.73 Å². The molecular formula is C16H28ClN3O2. The van der Waals surface area contributed by atoms with E-state index in [1.165, 1.54) is 19.3 Å². The molecule has 0 radical (unpaired) electrons. The number of piperazine rings is 1. The molecule has 3 aliphatic rings. The number of hydrogen-bond donors (Lipinski definition) is 1. The molecule has 1 heterocycles. The van der Waals surface area contributed by atoms with Gasteiger partial charge in [0.25, 0.3) is 0 Å². The molecule has 2 saturated carbocycles. The number of hydrogen-bond acceptors (Lipinski definition) is 3. The Morgan fingerprint density at radius 1 is 1.18 bits per heavy atom. The predicted molar refractivity (Wildman–Crippen MR) is 87.8 cm³/mol. The summed E-state index contributed by atoms with van der Waals surface area (Å²) >= 11 is 0. The van der Waals surface area contributed by atoms with Gasteiger partial charge in [-0.15, -0.1) is 12.4 Å². The van der Waals surface area contributed by atoms with Crippen LogP contribution in [0.4, 0.5) is 0 Å². The first-order valence-corrected chi connectivity index (χ1v) is 8.41. The van der Waals surface area contributed by atoms with Crippen molar-refractivity contribution in [1.29, 1.82) is 0 Å². The highest BCUT2D eigenvalue weighted by atomic mass is 35.5.